The Bertz CT molecular complexity index is 297. The molecule has 6 nitrogen and oxygen atoms in total. The Balaban J connectivity index is 4.48. The van der Waals surface area contributed by atoms with E-state index in [-0.39, 0.29) is 19.4 Å². The fourth-order valence-electron chi connectivity index (χ4n) is 1.17. The Labute approximate surface area is 106 Å². The summed E-state index contributed by atoms with van der Waals surface area (Å²) in [7, 11) is 0. The predicted molar refractivity (Wildman–Crippen MR) is 62.8 cm³/mol. The van der Waals surface area contributed by atoms with Crippen molar-refractivity contribution in [3.63, 3.8) is 0 Å². The van der Waals surface area contributed by atoms with E-state index in [0.29, 0.717) is 0 Å². The molecule has 0 radical (unpaired) electrons. The molecule has 0 aromatic heterocycles. The normalized spacial score (nSPS) is 12.7. The molecule has 1 N–H and O–H groups in total. The summed E-state index contributed by atoms with van der Waals surface area (Å²) >= 11 is 0. The number of carboxylic acids is 1. The van der Waals surface area contributed by atoms with E-state index in [4.69, 9.17) is 14.6 Å². The summed E-state index contributed by atoms with van der Waals surface area (Å²) in [5.74, 6) is -2.82. The van der Waals surface area contributed by atoms with Crippen molar-refractivity contribution in [2.75, 3.05) is 6.61 Å². The van der Waals surface area contributed by atoms with Crippen LogP contribution in [0.15, 0.2) is 0 Å². The van der Waals surface area contributed by atoms with Gasteiger partial charge in [-0.25, -0.2) is 0 Å². The monoisotopic (exact) mass is 260 g/mol. The fourth-order valence-corrected chi connectivity index (χ4v) is 1.17. The summed E-state index contributed by atoms with van der Waals surface area (Å²) in [6, 6.07) is 0. The summed E-state index contributed by atoms with van der Waals surface area (Å²) in [4.78, 5) is 33.0. The minimum Gasteiger partial charge on any atom is -0.481 e. The number of rotatable bonds is 6. The summed E-state index contributed by atoms with van der Waals surface area (Å²) in [5.41, 5.74) is -0.658. The van der Waals surface area contributed by atoms with Gasteiger partial charge in [-0.3, -0.25) is 14.4 Å². The highest BCUT2D eigenvalue weighted by atomic mass is 16.6. The SMILES string of the molecule is CC(=O)OCC(CCC(=O)O)C(=O)OC(C)(C)C. The van der Waals surface area contributed by atoms with E-state index < -0.39 is 29.4 Å². The molecule has 0 aliphatic rings. The van der Waals surface area contributed by atoms with Gasteiger partial charge in [-0.05, 0) is 27.2 Å². The number of hydrogen-bond acceptors (Lipinski definition) is 5. The van der Waals surface area contributed by atoms with Gasteiger partial charge < -0.3 is 14.6 Å². The van der Waals surface area contributed by atoms with Crippen molar-refractivity contribution >= 4 is 17.9 Å². The number of ether oxygens (including phenoxy) is 2. The molecule has 0 rings (SSSR count). The highest BCUT2D eigenvalue weighted by Crippen LogP contribution is 2.15. The van der Waals surface area contributed by atoms with Crippen molar-refractivity contribution in [3.05, 3.63) is 0 Å². The van der Waals surface area contributed by atoms with Gasteiger partial charge in [0.2, 0.25) is 0 Å². The van der Waals surface area contributed by atoms with Crippen LogP contribution in [0.5, 0.6) is 0 Å². The van der Waals surface area contributed by atoms with Crippen molar-refractivity contribution in [1.29, 1.82) is 0 Å². The van der Waals surface area contributed by atoms with Crippen LogP contribution in [-0.4, -0.2) is 35.2 Å². The van der Waals surface area contributed by atoms with Gasteiger partial charge in [0, 0.05) is 13.3 Å². The maximum Gasteiger partial charge on any atom is 0.312 e. The summed E-state index contributed by atoms with van der Waals surface area (Å²) in [6.45, 7) is 6.21. The maximum atomic E-state index is 11.8. The molecule has 0 spiro atoms. The molecular formula is C12H20O6. The molecule has 0 saturated heterocycles. The molecule has 0 saturated carbocycles. The Morgan fingerprint density at radius 2 is 1.78 bits per heavy atom. The highest BCUT2D eigenvalue weighted by Gasteiger charge is 2.26. The van der Waals surface area contributed by atoms with Crippen LogP contribution in [0.4, 0.5) is 0 Å². The smallest absolute Gasteiger partial charge is 0.312 e. The van der Waals surface area contributed by atoms with E-state index in [0.717, 1.165) is 0 Å². The Kier molecular flexibility index (Phi) is 6.36. The van der Waals surface area contributed by atoms with Crippen molar-refractivity contribution in [2.45, 2.75) is 46.1 Å². The molecule has 0 aliphatic heterocycles. The quantitative estimate of drug-likeness (QED) is 0.725. The third-order valence-corrected chi connectivity index (χ3v) is 1.93. The number of hydrogen-bond donors (Lipinski definition) is 1. The minimum absolute atomic E-state index is 0.0809. The summed E-state index contributed by atoms with van der Waals surface area (Å²) in [5, 5.41) is 8.59. The van der Waals surface area contributed by atoms with Crippen molar-refractivity contribution in [3.8, 4) is 0 Å². The van der Waals surface area contributed by atoms with E-state index in [2.05, 4.69) is 0 Å². The van der Waals surface area contributed by atoms with Gasteiger partial charge in [-0.1, -0.05) is 0 Å². The molecule has 18 heavy (non-hydrogen) atoms. The number of carboxylic acid groups (broad SMARTS) is 1. The van der Waals surface area contributed by atoms with Crippen LogP contribution in [0.1, 0.15) is 40.5 Å². The van der Waals surface area contributed by atoms with Gasteiger partial charge in [0.1, 0.15) is 12.2 Å². The zero-order valence-electron chi connectivity index (χ0n) is 11.2. The molecule has 1 atom stereocenters. The van der Waals surface area contributed by atoms with Gasteiger partial charge in [-0.2, -0.15) is 0 Å². The van der Waals surface area contributed by atoms with E-state index in [1.807, 2.05) is 0 Å². The molecule has 0 bridgehead atoms. The molecule has 0 aromatic carbocycles. The summed E-state index contributed by atoms with van der Waals surface area (Å²) < 4.78 is 9.88. The second-order valence-corrected chi connectivity index (χ2v) is 4.97. The van der Waals surface area contributed by atoms with E-state index in [1.165, 1.54) is 6.92 Å². The van der Waals surface area contributed by atoms with Crippen LogP contribution < -0.4 is 0 Å². The predicted octanol–water partition coefficient (Wildman–Crippen LogP) is 1.37. The lowest BCUT2D eigenvalue weighted by atomic mass is 10.0. The van der Waals surface area contributed by atoms with Crippen molar-refractivity contribution < 1.29 is 29.0 Å². The Morgan fingerprint density at radius 3 is 2.17 bits per heavy atom. The lowest BCUT2D eigenvalue weighted by Gasteiger charge is -2.23. The number of carbonyl (C=O) groups excluding carboxylic acids is 2. The second kappa shape index (κ2) is 6.98. The zero-order valence-corrected chi connectivity index (χ0v) is 11.2. The Hall–Kier alpha value is -1.59. The van der Waals surface area contributed by atoms with Gasteiger partial charge in [0.25, 0.3) is 0 Å². The molecule has 0 heterocycles. The first-order valence-electron chi connectivity index (χ1n) is 5.70. The number of aliphatic carboxylic acids is 1. The average molecular weight is 260 g/mol. The van der Waals surface area contributed by atoms with Gasteiger partial charge in [-0.15, -0.1) is 0 Å². The van der Waals surface area contributed by atoms with Gasteiger partial charge in [0.05, 0.1) is 5.92 Å². The lowest BCUT2D eigenvalue weighted by molar-refractivity contribution is -0.164. The molecule has 0 aromatic rings. The minimum atomic E-state index is -1.01. The zero-order chi connectivity index (χ0) is 14.3. The van der Waals surface area contributed by atoms with E-state index in [1.54, 1.807) is 20.8 Å². The molecular weight excluding hydrogens is 240 g/mol. The molecule has 0 aliphatic carbocycles. The van der Waals surface area contributed by atoms with E-state index in [9.17, 15) is 14.4 Å². The number of esters is 2. The third-order valence-electron chi connectivity index (χ3n) is 1.93. The maximum absolute atomic E-state index is 11.8. The average Bonchev–Trinajstić information content (AvgIpc) is 2.13. The number of carbonyl (C=O) groups is 3. The van der Waals surface area contributed by atoms with Crippen LogP contribution in [-0.2, 0) is 23.9 Å². The van der Waals surface area contributed by atoms with Crippen LogP contribution in [0, 0.1) is 5.92 Å². The third kappa shape index (κ3) is 8.55. The van der Waals surface area contributed by atoms with E-state index >= 15 is 0 Å². The van der Waals surface area contributed by atoms with Crippen molar-refractivity contribution in [2.24, 2.45) is 5.92 Å². The van der Waals surface area contributed by atoms with Crippen molar-refractivity contribution in [1.82, 2.24) is 0 Å². The molecule has 104 valence electrons. The fraction of sp³-hybridized carbons (Fsp3) is 0.750. The van der Waals surface area contributed by atoms with Gasteiger partial charge >= 0.3 is 17.9 Å². The first-order valence-corrected chi connectivity index (χ1v) is 5.70. The summed E-state index contributed by atoms with van der Waals surface area (Å²) in [6.07, 6.45) is -0.0945. The van der Waals surface area contributed by atoms with Crippen LogP contribution in [0.3, 0.4) is 0 Å². The van der Waals surface area contributed by atoms with Crippen LogP contribution in [0.2, 0.25) is 0 Å². The second-order valence-electron chi connectivity index (χ2n) is 4.97. The highest BCUT2D eigenvalue weighted by molar-refractivity contribution is 5.75. The Morgan fingerprint density at radius 1 is 1.22 bits per heavy atom. The van der Waals surface area contributed by atoms with Crippen LogP contribution in [0.25, 0.3) is 0 Å². The largest absolute Gasteiger partial charge is 0.481 e. The molecule has 1 unspecified atom stereocenters. The van der Waals surface area contributed by atoms with Crippen LogP contribution >= 0.6 is 0 Å². The molecule has 0 fully saturated rings. The topological polar surface area (TPSA) is 89.9 Å². The molecule has 6 heteroatoms. The first kappa shape index (κ1) is 16.4. The first-order chi connectivity index (χ1) is 8.11. The lowest BCUT2D eigenvalue weighted by Crippen LogP contribution is -2.31. The molecule has 0 amide bonds. The van der Waals surface area contributed by atoms with Gasteiger partial charge in [0.15, 0.2) is 0 Å². The standard InChI is InChI=1S/C12H20O6/c1-8(13)17-7-9(5-6-10(14)15)11(16)18-12(2,3)4/h9H,5-7H2,1-4H3,(H,14,15).